The molecule has 1 unspecified atom stereocenters. The molecule has 2 N–H and O–H groups in total. The fourth-order valence-electron chi connectivity index (χ4n) is 4.70. The van der Waals surface area contributed by atoms with Crippen molar-refractivity contribution < 1.29 is 15.0 Å². The summed E-state index contributed by atoms with van der Waals surface area (Å²) >= 11 is 0. The predicted molar refractivity (Wildman–Crippen MR) is 110 cm³/mol. The van der Waals surface area contributed by atoms with E-state index in [1.54, 1.807) is 23.3 Å². The molecule has 0 radical (unpaired) electrons. The maximum atomic E-state index is 13.0. The molecule has 4 heterocycles. The van der Waals surface area contributed by atoms with Gasteiger partial charge in [-0.1, -0.05) is 6.07 Å². The first-order valence-electron chi connectivity index (χ1n) is 10.8. The molecule has 162 valence electrons. The van der Waals surface area contributed by atoms with Crippen molar-refractivity contribution in [2.45, 2.75) is 31.8 Å². The fraction of sp³-hybridized carbons (Fsp3) is 0.619. The van der Waals surface area contributed by atoms with E-state index in [9.17, 15) is 9.90 Å². The number of pyridine rings is 1. The number of rotatable bonds is 6. The molecule has 2 aromatic heterocycles. The fourth-order valence-corrected chi connectivity index (χ4v) is 4.70. The Morgan fingerprint density at radius 1 is 1.03 bits per heavy atom. The first-order valence-corrected chi connectivity index (χ1v) is 10.8. The molecule has 2 aliphatic rings. The first-order chi connectivity index (χ1) is 14.6. The highest BCUT2D eigenvalue weighted by molar-refractivity contribution is 5.92. The third kappa shape index (κ3) is 4.85. The molecular formula is C21H30N6O3. The SMILES string of the molecule is O=C(c1cccc(-n2cnnc2)n1)N1CCC(C2CCN(CC(O)CO)CC2)CC1. The van der Waals surface area contributed by atoms with Gasteiger partial charge in [-0.25, -0.2) is 4.98 Å². The van der Waals surface area contributed by atoms with E-state index in [1.165, 1.54) is 0 Å². The molecule has 9 nitrogen and oxygen atoms in total. The van der Waals surface area contributed by atoms with E-state index in [0.29, 0.717) is 29.9 Å². The zero-order valence-corrected chi connectivity index (χ0v) is 17.2. The molecule has 2 aliphatic heterocycles. The minimum Gasteiger partial charge on any atom is -0.394 e. The number of aliphatic hydroxyl groups is 2. The van der Waals surface area contributed by atoms with Crippen LogP contribution >= 0.6 is 0 Å². The summed E-state index contributed by atoms with van der Waals surface area (Å²) < 4.78 is 1.69. The van der Waals surface area contributed by atoms with Crippen molar-refractivity contribution in [1.29, 1.82) is 0 Å². The lowest BCUT2D eigenvalue weighted by molar-refractivity contribution is 0.0354. The number of β-amino-alcohol motifs (C(OH)–C–C–N with tert-alkyl or cyclic N) is 1. The third-order valence-electron chi connectivity index (χ3n) is 6.44. The summed E-state index contributed by atoms with van der Waals surface area (Å²) in [7, 11) is 0. The second-order valence-corrected chi connectivity index (χ2v) is 8.35. The smallest absolute Gasteiger partial charge is 0.272 e. The van der Waals surface area contributed by atoms with Crippen molar-refractivity contribution in [1.82, 2.24) is 29.5 Å². The van der Waals surface area contributed by atoms with Gasteiger partial charge in [0.2, 0.25) is 0 Å². The van der Waals surface area contributed by atoms with Crippen LogP contribution in [0.25, 0.3) is 5.82 Å². The molecule has 0 spiro atoms. The van der Waals surface area contributed by atoms with Crippen LogP contribution in [0.15, 0.2) is 30.9 Å². The molecule has 1 atom stereocenters. The van der Waals surface area contributed by atoms with Crippen LogP contribution in [0.3, 0.4) is 0 Å². The van der Waals surface area contributed by atoms with Gasteiger partial charge in [0.05, 0.1) is 12.7 Å². The number of hydrogen-bond donors (Lipinski definition) is 2. The molecule has 0 aromatic carbocycles. The van der Waals surface area contributed by atoms with Crippen LogP contribution in [0.5, 0.6) is 0 Å². The van der Waals surface area contributed by atoms with Crippen LogP contribution < -0.4 is 0 Å². The summed E-state index contributed by atoms with van der Waals surface area (Å²) in [5.41, 5.74) is 0.454. The average Bonchev–Trinajstić information content (AvgIpc) is 3.34. The van der Waals surface area contributed by atoms with Crippen molar-refractivity contribution in [3.63, 3.8) is 0 Å². The summed E-state index contributed by atoms with van der Waals surface area (Å²) in [4.78, 5) is 21.6. The Labute approximate surface area is 176 Å². The van der Waals surface area contributed by atoms with E-state index in [-0.39, 0.29) is 12.5 Å². The number of likely N-dealkylation sites (tertiary alicyclic amines) is 2. The van der Waals surface area contributed by atoms with Crippen molar-refractivity contribution in [2.24, 2.45) is 11.8 Å². The lowest BCUT2D eigenvalue weighted by Crippen LogP contribution is -2.44. The Kier molecular flexibility index (Phi) is 6.71. The molecule has 2 fully saturated rings. The molecule has 0 bridgehead atoms. The maximum Gasteiger partial charge on any atom is 0.272 e. The molecule has 1 amide bonds. The van der Waals surface area contributed by atoms with Crippen LogP contribution in [0.4, 0.5) is 0 Å². The normalized spacial score (nSPS) is 20.4. The van der Waals surface area contributed by atoms with Gasteiger partial charge in [-0.2, -0.15) is 0 Å². The van der Waals surface area contributed by atoms with Crippen molar-refractivity contribution >= 4 is 5.91 Å². The zero-order valence-electron chi connectivity index (χ0n) is 17.2. The quantitative estimate of drug-likeness (QED) is 0.712. The van der Waals surface area contributed by atoms with Crippen molar-refractivity contribution in [2.75, 3.05) is 39.3 Å². The van der Waals surface area contributed by atoms with Gasteiger partial charge in [-0.3, -0.25) is 9.36 Å². The van der Waals surface area contributed by atoms with Crippen LogP contribution in [0.2, 0.25) is 0 Å². The number of carbonyl (C=O) groups excluding carboxylic acids is 1. The molecule has 9 heteroatoms. The first kappa shape index (κ1) is 20.9. The van der Waals surface area contributed by atoms with Crippen molar-refractivity contribution in [3.05, 3.63) is 36.5 Å². The van der Waals surface area contributed by atoms with E-state index in [4.69, 9.17) is 5.11 Å². The number of nitrogens with zero attached hydrogens (tertiary/aromatic N) is 6. The summed E-state index contributed by atoms with van der Waals surface area (Å²) in [5.74, 6) is 1.95. The van der Waals surface area contributed by atoms with Crippen LogP contribution in [0, 0.1) is 11.8 Å². The molecular weight excluding hydrogens is 384 g/mol. The Balaban J connectivity index is 1.28. The summed E-state index contributed by atoms with van der Waals surface area (Å²) in [6.45, 7) is 3.86. The van der Waals surface area contributed by atoms with E-state index in [0.717, 1.165) is 51.9 Å². The number of amides is 1. The van der Waals surface area contributed by atoms with Gasteiger partial charge in [0, 0.05) is 19.6 Å². The molecule has 0 saturated carbocycles. The van der Waals surface area contributed by atoms with Crippen LogP contribution in [-0.4, -0.2) is 91.1 Å². The van der Waals surface area contributed by atoms with Gasteiger partial charge in [-0.05, 0) is 62.7 Å². The minimum absolute atomic E-state index is 0.0174. The van der Waals surface area contributed by atoms with Gasteiger partial charge in [0.25, 0.3) is 5.91 Å². The van der Waals surface area contributed by atoms with Crippen LogP contribution in [0.1, 0.15) is 36.2 Å². The second kappa shape index (κ2) is 9.63. The molecule has 4 rings (SSSR count). The number of hydrogen-bond acceptors (Lipinski definition) is 7. The van der Waals surface area contributed by atoms with E-state index in [2.05, 4.69) is 20.1 Å². The largest absolute Gasteiger partial charge is 0.394 e. The van der Waals surface area contributed by atoms with Gasteiger partial charge in [0.15, 0.2) is 0 Å². The predicted octanol–water partition coefficient (Wildman–Crippen LogP) is 0.580. The second-order valence-electron chi connectivity index (χ2n) is 8.35. The minimum atomic E-state index is -0.645. The topological polar surface area (TPSA) is 108 Å². The molecule has 2 aromatic rings. The van der Waals surface area contributed by atoms with Gasteiger partial charge in [0.1, 0.15) is 24.2 Å². The lowest BCUT2D eigenvalue weighted by Gasteiger charge is -2.40. The Hall–Kier alpha value is -2.36. The molecule has 2 saturated heterocycles. The maximum absolute atomic E-state index is 13.0. The zero-order chi connectivity index (χ0) is 20.9. The van der Waals surface area contributed by atoms with E-state index in [1.807, 2.05) is 17.0 Å². The summed E-state index contributed by atoms with van der Waals surface area (Å²) in [6.07, 6.45) is 6.80. The summed E-state index contributed by atoms with van der Waals surface area (Å²) in [5, 5.41) is 26.2. The Morgan fingerprint density at radius 3 is 2.30 bits per heavy atom. The Morgan fingerprint density at radius 2 is 1.67 bits per heavy atom. The number of piperidine rings is 2. The summed E-state index contributed by atoms with van der Waals surface area (Å²) in [6, 6.07) is 5.43. The highest BCUT2D eigenvalue weighted by Crippen LogP contribution is 2.32. The van der Waals surface area contributed by atoms with Crippen LogP contribution in [-0.2, 0) is 0 Å². The highest BCUT2D eigenvalue weighted by atomic mass is 16.3. The number of aliphatic hydroxyl groups excluding tert-OH is 2. The van der Waals surface area contributed by atoms with Gasteiger partial charge < -0.3 is 20.0 Å². The van der Waals surface area contributed by atoms with E-state index >= 15 is 0 Å². The molecule has 30 heavy (non-hydrogen) atoms. The van der Waals surface area contributed by atoms with Gasteiger partial charge in [-0.15, -0.1) is 10.2 Å². The molecule has 0 aliphatic carbocycles. The number of carbonyl (C=O) groups is 1. The van der Waals surface area contributed by atoms with E-state index < -0.39 is 6.10 Å². The number of aromatic nitrogens is 4. The van der Waals surface area contributed by atoms with Gasteiger partial charge >= 0.3 is 0 Å². The standard InChI is InChI=1S/C21H30N6O3/c28-13-18(29)12-25-8-4-16(5-9-25)17-6-10-26(11-7-17)21(30)19-2-1-3-20(24-19)27-14-22-23-15-27/h1-3,14-18,28-29H,4-13H2. The highest BCUT2D eigenvalue weighted by Gasteiger charge is 2.31. The lowest BCUT2D eigenvalue weighted by atomic mass is 9.78. The van der Waals surface area contributed by atoms with Crippen molar-refractivity contribution in [3.8, 4) is 5.82 Å². The third-order valence-corrected chi connectivity index (χ3v) is 6.44. The Bertz CT molecular complexity index is 814. The average molecular weight is 415 g/mol. The monoisotopic (exact) mass is 414 g/mol.